The van der Waals surface area contributed by atoms with E-state index in [2.05, 4.69) is 20.8 Å². The van der Waals surface area contributed by atoms with Crippen molar-refractivity contribution in [1.82, 2.24) is 15.5 Å². The first-order valence-corrected chi connectivity index (χ1v) is 9.11. The van der Waals surface area contributed by atoms with Crippen LogP contribution in [0, 0.1) is 6.92 Å². The predicted octanol–water partition coefficient (Wildman–Crippen LogP) is 4.32. The Labute approximate surface area is 163 Å². The van der Waals surface area contributed by atoms with Crippen molar-refractivity contribution < 1.29 is 9.26 Å². The molecule has 0 amide bonds. The van der Waals surface area contributed by atoms with E-state index < -0.39 is 0 Å². The number of aryl methyl sites for hydroxylation is 1. The molecule has 0 bridgehead atoms. The zero-order valence-electron chi connectivity index (χ0n) is 15.5. The minimum Gasteiger partial charge on any atom is -0.491 e. The van der Waals surface area contributed by atoms with Crippen LogP contribution in [0.15, 0.2) is 53.1 Å². The molecule has 2 N–H and O–H groups in total. The molecular formula is C20H22N4O2S. The summed E-state index contributed by atoms with van der Waals surface area (Å²) in [4.78, 5) is 4.40. The van der Waals surface area contributed by atoms with Crippen LogP contribution in [0.3, 0.4) is 0 Å². The Balaban J connectivity index is 1.55. The van der Waals surface area contributed by atoms with Gasteiger partial charge in [-0.05, 0) is 51.2 Å². The second-order valence-corrected chi connectivity index (χ2v) is 6.79. The van der Waals surface area contributed by atoms with Crippen LogP contribution in [0.1, 0.15) is 25.3 Å². The Kier molecular flexibility index (Phi) is 6.03. The van der Waals surface area contributed by atoms with Crippen LogP contribution < -0.4 is 15.4 Å². The fourth-order valence-corrected chi connectivity index (χ4v) is 2.67. The van der Waals surface area contributed by atoms with Crippen LogP contribution in [0.25, 0.3) is 11.4 Å². The average Bonchev–Trinajstić information content (AvgIpc) is 3.09. The van der Waals surface area contributed by atoms with Crippen molar-refractivity contribution in [2.24, 2.45) is 0 Å². The SMILES string of the molecule is Cc1cccc(-c2noc(CNC(=S)Nc3cccc(OC(C)C)c3)n2)c1. The van der Waals surface area contributed by atoms with Crippen molar-refractivity contribution in [3.05, 3.63) is 60.0 Å². The molecule has 2 aromatic carbocycles. The van der Waals surface area contributed by atoms with E-state index in [9.17, 15) is 0 Å². The van der Waals surface area contributed by atoms with Gasteiger partial charge in [0, 0.05) is 17.3 Å². The molecule has 3 aromatic rings. The van der Waals surface area contributed by atoms with Gasteiger partial charge in [0.05, 0.1) is 12.6 Å². The molecule has 0 saturated heterocycles. The Morgan fingerprint density at radius 3 is 2.78 bits per heavy atom. The van der Waals surface area contributed by atoms with Gasteiger partial charge in [-0.1, -0.05) is 35.0 Å². The van der Waals surface area contributed by atoms with Gasteiger partial charge in [0.1, 0.15) is 5.75 Å². The lowest BCUT2D eigenvalue weighted by Crippen LogP contribution is -2.28. The van der Waals surface area contributed by atoms with Gasteiger partial charge in [-0.15, -0.1) is 0 Å². The molecule has 0 fully saturated rings. The number of hydrogen-bond donors (Lipinski definition) is 2. The Morgan fingerprint density at radius 1 is 1.19 bits per heavy atom. The summed E-state index contributed by atoms with van der Waals surface area (Å²) in [5.74, 6) is 1.82. The smallest absolute Gasteiger partial charge is 0.246 e. The monoisotopic (exact) mass is 382 g/mol. The lowest BCUT2D eigenvalue weighted by Gasteiger charge is -2.12. The Bertz CT molecular complexity index is 924. The van der Waals surface area contributed by atoms with E-state index in [1.54, 1.807) is 0 Å². The Morgan fingerprint density at radius 2 is 2.00 bits per heavy atom. The van der Waals surface area contributed by atoms with E-state index in [4.69, 9.17) is 21.5 Å². The van der Waals surface area contributed by atoms with Gasteiger partial charge in [0.15, 0.2) is 5.11 Å². The van der Waals surface area contributed by atoms with Crippen LogP contribution in [0.5, 0.6) is 5.75 Å². The number of benzene rings is 2. The maximum atomic E-state index is 5.68. The van der Waals surface area contributed by atoms with Crippen molar-refractivity contribution in [1.29, 1.82) is 0 Å². The minimum absolute atomic E-state index is 0.116. The first-order chi connectivity index (χ1) is 13.0. The van der Waals surface area contributed by atoms with Gasteiger partial charge >= 0.3 is 0 Å². The maximum Gasteiger partial charge on any atom is 0.246 e. The maximum absolute atomic E-state index is 5.68. The number of aromatic nitrogens is 2. The van der Waals surface area contributed by atoms with E-state index in [1.165, 1.54) is 0 Å². The number of ether oxygens (including phenoxy) is 1. The largest absolute Gasteiger partial charge is 0.491 e. The van der Waals surface area contributed by atoms with Gasteiger partial charge in [-0.25, -0.2) is 0 Å². The van der Waals surface area contributed by atoms with Gasteiger partial charge in [-0.2, -0.15) is 4.98 Å². The van der Waals surface area contributed by atoms with Crippen molar-refractivity contribution in [2.45, 2.75) is 33.4 Å². The molecule has 0 aliphatic rings. The first kappa shape index (κ1) is 18.8. The highest BCUT2D eigenvalue weighted by atomic mass is 32.1. The van der Waals surface area contributed by atoms with Crippen LogP contribution in [-0.2, 0) is 6.54 Å². The van der Waals surface area contributed by atoms with Crippen LogP contribution in [0.2, 0.25) is 0 Å². The molecule has 3 rings (SSSR count). The molecule has 1 heterocycles. The van der Waals surface area contributed by atoms with Crippen molar-refractivity contribution >= 4 is 23.0 Å². The summed E-state index contributed by atoms with van der Waals surface area (Å²) in [7, 11) is 0. The van der Waals surface area contributed by atoms with Gasteiger partial charge in [0.25, 0.3) is 0 Å². The van der Waals surface area contributed by atoms with Crippen molar-refractivity contribution in [3.63, 3.8) is 0 Å². The van der Waals surface area contributed by atoms with E-state index >= 15 is 0 Å². The highest BCUT2D eigenvalue weighted by molar-refractivity contribution is 7.80. The summed E-state index contributed by atoms with van der Waals surface area (Å²) in [5, 5.41) is 10.7. The molecule has 0 aliphatic carbocycles. The van der Waals surface area contributed by atoms with E-state index in [1.807, 2.05) is 69.3 Å². The molecule has 6 nitrogen and oxygen atoms in total. The zero-order chi connectivity index (χ0) is 19.2. The standard InChI is InChI=1S/C20H22N4O2S/c1-13(2)25-17-9-5-8-16(11-17)22-20(27)21-12-18-23-19(24-26-18)15-7-4-6-14(3)10-15/h4-11,13H,12H2,1-3H3,(H2,21,22,27). The highest BCUT2D eigenvalue weighted by Gasteiger charge is 2.09. The predicted molar refractivity (Wildman–Crippen MR) is 110 cm³/mol. The van der Waals surface area contributed by atoms with Crippen molar-refractivity contribution in [3.8, 4) is 17.1 Å². The third kappa shape index (κ3) is 5.52. The summed E-state index contributed by atoms with van der Waals surface area (Å²) in [6.07, 6.45) is 0.116. The second-order valence-electron chi connectivity index (χ2n) is 6.38. The van der Waals surface area contributed by atoms with E-state index in [0.29, 0.717) is 23.4 Å². The normalized spacial score (nSPS) is 10.7. The number of rotatable bonds is 6. The molecule has 0 aliphatic heterocycles. The topological polar surface area (TPSA) is 72.2 Å². The molecule has 0 spiro atoms. The fourth-order valence-electron chi connectivity index (χ4n) is 2.48. The number of thiocarbonyl (C=S) groups is 1. The minimum atomic E-state index is 0.116. The molecule has 140 valence electrons. The van der Waals surface area contributed by atoms with Crippen LogP contribution in [-0.4, -0.2) is 21.4 Å². The third-order valence-electron chi connectivity index (χ3n) is 3.61. The van der Waals surface area contributed by atoms with E-state index in [-0.39, 0.29) is 6.10 Å². The summed E-state index contributed by atoms with van der Waals surface area (Å²) < 4.78 is 11.0. The number of nitrogens with one attached hydrogen (secondary N) is 2. The summed E-state index contributed by atoms with van der Waals surface area (Å²) in [6, 6.07) is 15.6. The van der Waals surface area contributed by atoms with Crippen molar-refractivity contribution in [2.75, 3.05) is 5.32 Å². The fraction of sp³-hybridized carbons (Fsp3) is 0.250. The first-order valence-electron chi connectivity index (χ1n) is 8.71. The third-order valence-corrected chi connectivity index (χ3v) is 3.85. The average molecular weight is 382 g/mol. The number of anilines is 1. The lowest BCUT2D eigenvalue weighted by molar-refractivity contribution is 0.242. The quantitative estimate of drug-likeness (QED) is 0.615. The molecule has 27 heavy (non-hydrogen) atoms. The Hall–Kier alpha value is -2.93. The summed E-state index contributed by atoms with van der Waals surface area (Å²) in [5.41, 5.74) is 2.91. The molecular weight excluding hydrogens is 360 g/mol. The van der Waals surface area contributed by atoms with E-state index in [0.717, 1.165) is 22.6 Å². The molecule has 0 radical (unpaired) electrons. The molecule has 0 saturated carbocycles. The summed E-state index contributed by atoms with van der Waals surface area (Å²) in [6.45, 7) is 6.34. The van der Waals surface area contributed by atoms with Gasteiger partial charge < -0.3 is 19.9 Å². The zero-order valence-corrected chi connectivity index (χ0v) is 16.3. The molecule has 0 atom stereocenters. The highest BCUT2D eigenvalue weighted by Crippen LogP contribution is 2.19. The van der Waals surface area contributed by atoms with Crippen LogP contribution in [0.4, 0.5) is 5.69 Å². The van der Waals surface area contributed by atoms with Gasteiger partial charge in [0.2, 0.25) is 11.7 Å². The molecule has 1 aromatic heterocycles. The number of nitrogens with zero attached hydrogens (tertiary/aromatic N) is 2. The lowest BCUT2D eigenvalue weighted by atomic mass is 10.1. The molecule has 0 unspecified atom stereocenters. The number of hydrogen-bond acceptors (Lipinski definition) is 5. The summed E-state index contributed by atoms with van der Waals surface area (Å²) >= 11 is 5.33. The van der Waals surface area contributed by atoms with Gasteiger partial charge in [-0.3, -0.25) is 0 Å². The van der Waals surface area contributed by atoms with Crippen LogP contribution >= 0.6 is 12.2 Å². The molecule has 7 heteroatoms. The second kappa shape index (κ2) is 8.64.